The number of likely N-dealkylation sites (tertiary alicyclic amines) is 1. The van der Waals surface area contributed by atoms with Crippen molar-refractivity contribution in [2.75, 3.05) is 26.2 Å². The second kappa shape index (κ2) is 5.87. The van der Waals surface area contributed by atoms with Gasteiger partial charge in [-0.1, -0.05) is 0 Å². The third-order valence-corrected chi connectivity index (χ3v) is 4.29. The number of hydrogen-bond donors (Lipinski definition) is 1. The summed E-state index contributed by atoms with van der Waals surface area (Å²) in [5, 5.41) is 0. The van der Waals surface area contributed by atoms with Crippen molar-refractivity contribution in [2.24, 2.45) is 11.7 Å². The molecule has 0 aromatic heterocycles. The summed E-state index contributed by atoms with van der Waals surface area (Å²) < 4.78 is 11.7. The molecule has 2 N–H and O–H groups in total. The Morgan fingerprint density at radius 1 is 1.33 bits per heavy atom. The van der Waals surface area contributed by atoms with Crippen LogP contribution in [0.25, 0.3) is 0 Å². The predicted molar refractivity (Wildman–Crippen MR) is 72.3 cm³/mol. The van der Waals surface area contributed by atoms with E-state index in [2.05, 4.69) is 25.7 Å². The van der Waals surface area contributed by atoms with E-state index in [1.165, 1.54) is 25.9 Å². The van der Waals surface area contributed by atoms with Gasteiger partial charge >= 0.3 is 0 Å². The van der Waals surface area contributed by atoms with Crippen LogP contribution in [-0.2, 0) is 9.47 Å². The maximum atomic E-state index is 5.91. The maximum Gasteiger partial charge on any atom is 0.166 e. The Balaban J connectivity index is 1.78. The molecule has 4 nitrogen and oxygen atoms in total. The van der Waals surface area contributed by atoms with Gasteiger partial charge < -0.3 is 20.1 Å². The molecule has 0 bridgehead atoms. The van der Waals surface area contributed by atoms with E-state index in [9.17, 15) is 0 Å². The SMILES string of the molecule is CC(C)N1CCC(CC2(C)OCC(CN)O2)CC1. The first-order chi connectivity index (χ1) is 8.52. The number of ether oxygens (including phenoxy) is 2. The van der Waals surface area contributed by atoms with Gasteiger partial charge in [0.1, 0.15) is 0 Å². The smallest absolute Gasteiger partial charge is 0.166 e. The monoisotopic (exact) mass is 256 g/mol. The fraction of sp³-hybridized carbons (Fsp3) is 1.00. The number of piperidine rings is 1. The highest BCUT2D eigenvalue weighted by Gasteiger charge is 2.39. The minimum absolute atomic E-state index is 0.0887. The first-order valence-corrected chi connectivity index (χ1v) is 7.28. The number of hydrogen-bond acceptors (Lipinski definition) is 4. The third-order valence-electron chi connectivity index (χ3n) is 4.29. The molecule has 2 unspecified atom stereocenters. The Kier molecular flexibility index (Phi) is 4.64. The number of nitrogens with zero attached hydrogens (tertiary/aromatic N) is 1. The van der Waals surface area contributed by atoms with Gasteiger partial charge in [0, 0.05) is 19.0 Å². The zero-order valence-corrected chi connectivity index (χ0v) is 12.0. The van der Waals surface area contributed by atoms with Crippen LogP contribution in [-0.4, -0.2) is 49.1 Å². The average Bonchev–Trinajstić information content (AvgIpc) is 2.71. The van der Waals surface area contributed by atoms with E-state index in [0.29, 0.717) is 19.2 Å². The fourth-order valence-electron chi connectivity index (χ4n) is 3.11. The maximum absolute atomic E-state index is 5.91. The molecule has 2 heterocycles. The van der Waals surface area contributed by atoms with Crippen molar-refractivity contribution in [3.8, 4) is 0 Å². The summed E-state index contributed by atoms with van der Waals surface area (Å²) in [6.07, 6.45) is 3.61. The van der Waals surface area contributed by atoms with Crippen LogP contribution in [0.2, 0.25) is 0 Å². The molecular formula is C14H28N2O2. The molecule has 18 heavy (non-hydrogen) atoms. The van der Waals surface area contributed by atoms with Crippen molar-refractivity contribution < 1.29 is 9.47 Å². The molecule has 0 aliphatic carbocycles. The van der Waals surface area contributed by atoms with E-state index in [4.69, 9.17) is 15.2 Å². The molecule has 0 aromatic rings. The molecule has 2 atom stereocenters. The Morgan fingerprint density at radius 2 is 2.00 bits per heavy atom. The van der Waals surface area contributed by atoms with Crippen LogP contribution in [0.3, 0.4) is 0 Å². The lowest BCUT2D eigenvalue weighted by Gasteiger charge is -2.37. The Labute approximate surface area is 111 Å². The lowest BCUT2D eigenvalue weighted by atomic mass is 9.89. The largest absolute Gasteiger partial charge is 0.347 e. The molecule has 2 fully saturated rings. The first kappa shape index (κ1) is 14.3. The fourth-order valence-corrected chi connectivity index (χ4v) is 3.11. The summed E-state index contributed by atoms with van der Waals surface area (Å²) in [5.74, 6) is 0.329. The van der Waals surface area contributed by atoms with Crippen LogP contribution in [0.15, 0.2) is 0 Å². The topological polar surface area (TPSA) is 47.7 Å². The Bertz CT molecular complexity index is 265. The zero-order chi connectivity index (χ0) is 13.2. The van der Waals surface area contributed by atoms with E-state index >= 15 is 0 Å². The molecule has 0 amide bonds. The summed E-state index contributed by atoms with van der Waals surface area (Å²) in [7, 11) is 0. The van der Waals surface area contributed by atoms with Gasteiger partial charge in [-0.05, 0) is 52.6 Å². The molecule has 2 aliphatic heterocycles. The average molecular weight is 256 g/mol. The Morgan fingerprint density at radius 3 is 2.50 bits per heavy atom. The molecular weight excluding hydrogens is 228 g/mol. The van der Waals surface area contributed by atoms with Gasteiger partial charge in [0.2, 0.25) is 0 Å². The second-order valence-electron chi connectivity index (χ2n) is 6.20. The van der Waals surface area contributed by atoms with Crippen LogP contribution < -0.4 is 5.73 Å². The van der Waals surface area contributed by atoms with Gasteiger partial charge in [0.05, 0.1) is 12.7 Å². The van der Waals surface area contributed by atoms with Crippen molar-refractivity contribution in [1.82, 2.24) is 4.90 Å². The van der Waals surface area contributed by atoms with Crippen molar-refractivity contribution >= 4 is 0 Å². The predicted octanol–water partition coefficient (Wildman–Crippen LogP) is 1.59. The lowest BCUT2D eigenvalue weighted by Crippen LogP contribution is -2.41. The molecule has 2 rings (SSSR count). The summed E-state index contributed by atoms with van der Waals surface area (Å²) in [4.78, 5) is 2.55. The van der Waals surface area contributed by atoms with Crippen LogP contribution in [0.5, 0.6) is 0 Å². The summed E-state index contributed by atoms with van der Waals surface area (Å²) >= 11 is 0. The van der Waals surface area contributed by atoms with Gasteiger partial charge in [-0.15, -0.1) is 0 Å². The van der Waals surface area contributed by atoms with Crippen LogP contribution in [0, 0.1) is 5.92 Å². The molecule has 2 aliphatic rings. The first-order valence-electron chi connectivity index (χ1n) is 7.28. The van der Waals surface area contributed by atoms with Gasteiger partial charge in [0.15, 0.2) is 5.79 Å². The van der Waals surface area contributed by atoms with Gasteiger partial charge in [0.25, 0.3) is 0 Å². The quantitative estimate of drug-likeness (QED) is 0.830. The summed E-state index contributed by atoms with van der Waals surface area (Å²) in [6.45, 7) is 10.2. The van der Waals surface area contributed by atoms with E-state index in [0.717, 1.165) is 12.3 Å². The molecule has 106 valence electrons. The van der Waals surface area contributed by atoms with Gasteiger partial charge in [-0.25, -0.2) is 0 Å². The van der Waals surface area contributed by atoms with Crippen LogP contribution in [0.4, 0.5) is 0 Å². The van der Waals surface area contributed by atoms with Crippen LogP contribution in [0.1, 0.15) is 40.0 Å². The highest BCUT2D eigenvalue weighted by atomic mass is 16.7. The minimum atomic E-state index is -0.394. The molecule has 4 heteroatoms. The van der Waals surface area contributed by atoms with Gasteiger partial charge in [-0.3, -0.25) is 0 Å². The normalized spacial score (nSPS) is 35.5. The molecule has 0 spiro atoms. The van der Waals surface area contributed by atoms with Crippen molar-refractivity contribution in [3.63, 3.8) is 0 Å². The molecule has 0 saturated carbocycles. The summed E-state index contributed by atoms with van der Waals surface area (Å²) in [5.41, 5.74) is 5.63. The van der Waals surface area contributed by atoms with E-state index in [1.807, 2.05) is 0 Å². The highest BCUT2D eigenvalue weighted by Crippen LogP contribution is 2.34. The third kappa shape index (κ3) is 3.44. The lowest BCUT2D eigenvalue weighted by molar-refractivity contribution is -0.167. The number of rotatable bonds is 4. The zero-order valence-electron chi connectivity index (χ0n) is 12.0. The summed E-state index contributed by atoms with van der Waals surface area (Å²) in [6, 6.07) is 0.669. The molecule has 2 saturated heterocycles. The second-order valence-corrected chi connectivity index (χ2v) is 6.20. The standard InChI is InChI=1S/C14H28N2O2/c1-11(2)16-6-4-12(5-7-16)8-14(3)17-10-13(9-15)18-14/h11-13H,4-10,15H2,1-3H3. The highest BCUT2D eigenvalue weighted by molar-refractivity contribution is 4.82. The van der Waals surface area contributed by atoms with E-state index in [-0.39, 0.29) is 6.10 Å². The van der Waals surface area contributed by atoms with Crippen LogP contribution >= 0.6 is 0 Å². The van der Waals surface area contributed by atoms with Gasteiger partial charge in [-0.2, -0.15) is 0 Å². The van der Waals surface area contributed by atoms with Crippen molar-refractivity contribution in [1.29, 1.82) is 0 Å². The van der Waals surface area contributed by atoms with Crippen molar-refractivity contribution in [2.45, 2.75) is 58.0 Å². The van der Waals surface area contributed by atoms with E-state index in [1.54, 1.807) is 0 Å². The molecule has 0 radical (unpaired) electrons. The molecule has 0 aromatic carbocycles. The van der Waals surface area contributed by atoms with E-state index < -0.39 is 5.79 Å². The van der Waals surface area contributed by atoms with Crippen molar-refractivity contribution in [3.05, 3.63) is 0 Å². The number of nitrogens with two attached hydrogens (primary N) is 1. The Hall–Kier alpha value is -0.160. The minimum Gasteiger partial charge on any atom is -0.347 e.